The third-order valence-electron chi connectivity index (χ3n) is 3.98. The summed E-state index contributed by atoms with van der Waals surface area (Å²) in [7, 11) is 1.52. The van der Waals surface area contributed by atoms with Gasteiger partial charge in [0.1, 0.15) is 18.1 Å². The third kappa shape index (κ3) is 5.42. The van der Waals surface area contributed by atoms with Gasteiger partial charge in [-0.1, -0.05) is 0 Å². The highest BCUT2D eigenvalue weighted by Gasteiger charge is 2.35. The first-order valence-corrected chi connectivity index (χ1v) is 8.58. The zero-order chi connectivity index (χ0) is 20.3. The Morgan fingerprint density at radius 2 is 1.62 bits per heavy atom. The fourth-order valence-electron chi connectivity index (χ4n) is 2.60. The van der Waals surface area contributed by atoms with Crippen molar-refractivity contribution in [1.29, 1.82) is 0 Å². The van der Waals surface area contributed by atoms with Crippen molar-refractivity contribution in [3.63, 3.8) is 0 Å². The van der Waals surface area contributed by atoms with Crippen LogP contribution in [0.25, 0.3) is 16.9 Å². The lowest BCUT2D eigenvalue weighted by Gasteiger charge is -2.11. The molecule has 0 fully saturated rings. The van der Waals surface area contributed by atoms with E-state index in [1.54, 1.807) is 48.5 Å². The summed E-state index contributed by atoms with van der Waals surface area (Å²) in [5, 5.41) is 3.77. The lowest BCUT2D eigenvalue weighted by atomic mass is 10.1. The van der Waals surface area contributed by atoms with Crippen molar-refractivity contribution in [2.75, 3.05) is 13.7 Å². The highest BCUT2D eigenvalue weighted by molar-refractivity contribution is 5.85. The van der Waals surface area contributed by atoms with Crippen molar-refractivity contribution in [1.82, 2.24) is 9.78 Å². The summed E-state index contributed by atoms with van der Waals surface area (Å²) >= 11 is 0. The maximum absolute atomic E-state index is 13.2. The second kappa shape index (κ2) is 9.19. The molecule has 2 aromatic carbocycles. The molecular formula is C20H21ClF3N3O2. The fraction of sp³-hybridized carbons (Fsp3) is 0.250. The molecule has 0 unspecified atom stereocenters. The van der Waals surface area contributed by atoms with Crippen molar-refractivity contribution < 1.29 is 22.6 Å². The van der Waals surface area contributed by atoms with Crippen molar-refractivity contribution in [2.24, 2.45) is 5.73 Å². The molecule has 0 saturated heterocycles. The Kier molecular flexibility index (Phi) is 7.16. The van der Waals surface area contributed by atoms with Crippen molar-refractivity contribution in [2.45, 2.75) is 19.1 Å². The molecular weight excluding hydrogens is 407 g/mol. The molecule has 0 saturated carbocycles. The Balaban J connectivity index is 0.00000300. The van der Waals surface area contributed by atoms with E-state index in [2.05, 4.69) is 5.10 Å². The number of methoxy groups -OCH3 is 1. The van der Waals surface area contributed by atoms with E-state index in [1.807, 2.05) is 6.92 Å². The summed E-state index contributed by atoms with van der Waals surface area (Å²) in [6, 6.07) is 14.3. The SMILES string of the molecule is COc1ccc(-n2nc(C(F)(F)F)cc2-c2ccc(OC[C@@H](C)N)cc2)cc1.Cl. The maximum Gasteiger partial charge on any atom is 0.435 e. The summed E-state index contributed by atoms with van der Waals surface area (Å²) in [6.07, 6.45) is -4.55. The van der Waals surface area contributed by atoms with Crippen LogP contribution in [0.1, 0.15) is 12.6 Å². The predicted octanol–water partition coefficient (Wildman–Crippen LogP) is 4.71. The average Bonchev–Trinajstić information content (AvgIpc) is 3.13. The Labute approximate surface area is 172 Å². The molecule has 5 nitrogen and oxygen atoms in total. The molecule has 0 aliphatic rings. The highest BCUT2D eigenvalue weighted by Crippen LogP contribution is 2.34. The Morgan fingerprint density at radius 3 is 2.14 bits per heavy atom. The molecule has 0 aliphatic carbocycles. The largest absolute Gasteiger partial charge is 0.497 e. The quantitative estimate of drug-likeness (QED) is 0.618. The molecule has 0 bridgehead atoms. The Morgan fingerprint density at radius 1 is 1.03 bits per heavy atom. The number of hydrogen-bond acceptors (Lipinski definition) is 4. The molecule has 1 atom stereocenters. The number of aromatic nitrogens is 2. The van der Waals surface area contributed by atoms with Gasteiger partial charge in [-0.15, -0.1) is 12.4 Å². The van der Waals surface area contributed by atoms with Crippen LogP contribution in [-0.2, 0) is 6.18 Å². The number of rotatable bonds is 6. The van der Waals surface area contributed by atoms with Gasteiger partial charge in [-0.3, -0.25) is 0 Å². The summed E-state index contributed by atoms with van der Waals surface area (Å²) in [6.45, 7) is 2.17. The van der Waals surface area contributed by atoms with Crippen LogP contribution in [-0.4, -0.2) is 29.5 Å². The minimum atomic E-state index is -4.55. The molecule has 0 aliphatic heterocycles. The van der Waals surface area contributed by atoms with Gasteiger partial charge in [-0.2, -0.15) is 18.3 Å². The first-order valence-electron chi connectivity index (χ1n) is 8.58. The minimum Gasteiger partial charge on any atom is -0.497 e. The molecule has 0 amide bonds. The van der Waals surface area contributed by atoms with Crippen molar-refractivity contribution in [3.8, 4) is 28.4 Å². The van der Waals surface area contributed by atoms with E-state index in [4.69, 9.17) is 15.2 Å². The van der Waals surface area contributed by atoms with E-state index in [0.717, 1.165) is 6.07 Å². The molecule has 3 rings (SSSR count). The first kappa shape index (κ1) is 22.6. The van der Waals surface area contributed by atoms with Crippen molar-refractivity contribution in [3.05, 3.63) is 60.3 Å². The van der Waals surface area contributed by atoms with Crippen LogP contribution in [0, 0.1) is 0 Å². The van der Waals surface area contributed by atoms with Gasteiger partial charge in [0.15, 0.2) is 5.69 Å². The number of nitrogens with two attached hydrogens (primary N) is 1. The molecule has 1 aromatic heterocycles. The average molecular weight is 428 g/mol. The van der Waals surface area contributed by atoms with Crippen LogP contribution < -0.4 is 15.2 Å². The van der Waals surface area contributed by atoms with Gasteiger partial charge in [0.05, 0.1) is 18.5 Å². The van der Waals surface area contributed by atoms with Crippen molar-refractivity contribution >= 4 is 12.4 Å². The number of nitrogens with zero attached hydrogens (tertiary/aromatic N) is 2. The standard InChI is InChI=1S/C20H20F3N3O2.ClH/c1-13(24)12-28-17-7-3-14(4-8-17)18-11-19(20(21,22)23)25-26(18)15-5-9-16(27-2)10-6-15;/h3-11,13H,12,24H2,1-2H3;1H/t13-;/m1./s1. The molecule has 3 aromatic rings. The number of benzene rings is 2. The third-order valence-corrected chi connectivity index (χ3v) is 3.98. The lowest BCUT2D eigenvalue weighted by molar-refractivity contribution is -0.141. The molecule has 29 heavy (non-hydrogen) atoms. The molecule has 2 N–H and O–H groups in total. The van der Waals surface area contributed by atoms with Gasteiger partial charge < -0.3 is 15.2 Å². The van der Waals surface area contributed by atoms with Gasteiger partial charge in [-0.05, 0) is 61.5 Å². The van der Waals surface area contributed by atoms with Crippen LogP contribution in [0.2, 0.25) is 0 Å². The molecule has 0 radical (unpaired) electrons. The smallest absolute Gasteiger partial charge is 0.435 e. The number of ether oxygens (including phenoxy) is 2. The van der Waals surface area contributed by atoms with E-state index in [0.29, 0.717) is 35.1 Å². The Hall–Kier alpha value is -2.71. The van der Waals surface area contributed by atoms with E-state index in [1.165, 1.54) is 11.8 Å². The second-order valence-electron chi connectivity index (χ2n) is 6.34. The van der Waals surface area contributed by atoms with Gasteiger partial charge in [0, 0.05) is 11.6 Å². The number of alkyl halides is 3. The molecule has 9 heteroatoms. The van der Waals surface area contributed by atoms with E-state index < -0.39 is 11.9 Å². The first-order chi connectivity index (χ1) is 13.3. The zero-order valence-corrected chi connectivity index (χ0v) is 16.6. The van der Waals surface area contributed by atoms with Crippen LogP contribution in [0.3, 0.4) is 0 Å². The predicted molar refractivity (Wildman–Crippen MR) is 107 cm³/mol. The van der Waals surface area contributed by atoms with Gasteiger partial charge in [0.2, 0.25) is 0 Å². The number of halogens is 4. The summed E-state index contributed by atoms with van der Waals surface area (Å²) in [5.41, 5.74) is 6.08. The summed E-state index contributed by atoms with van der Waals surface area (Å²) in [5.74, 6) is 1.19. The normalized spacial score (nSPS) is 12.2. The van der Waals surface area contributed by atoms with E-state index in [9.17, 15) is 13.2 Å². The molecule has 1 heterocycles. The number of hydrogen-bond donors (Lipinski definition) is 1. The summed E-state index contributed by atoms with van der Waals surface area (Å²) < 4.78 is 51.6. The van der Waals surface area contributed by atoms with Gasteiger partial charge in [0.25, 0.3) is 0 Å². The van der Waals surface area contributed by atoms with Crippen LogP contribution in [0.4, 0.5) is 13.2 Å². The Bertz CT molecular complexity index is 924. The molecule has 156 valence electrons. The minimum absolute atomic E-state index is 0. The van der Waals surface area contributed by atoms with E-state index >= 15 is 0 Å². The topological polar surface area (TPSA) is 62.3 Å². The van der Waals surface area contributed by atoms with Crippen LogP contribution in [0.15, 0.2) is 54.6 Å². The lowest BCUT2D eigenvalue weighted by Crippen LogP contribution is -2.23. The van der Waals surface area contributed by atoms with Gasteiger partial charge in [-0.25, -0.2) is 4.68 Å². The molecule has 0 spiro atoms. The fourth-order valence-corrected chi connectivity index (χ4v) is 2.60. The van der Waals surface area contributed by atoms with E-state index in [-0.39, 0.29) is 18.4 Å². The maximum atomic E-state index is 13.2. The van der Waals surface area contributed by atoms with Crippen LogP contribution in [0.5, 0.6) is 11.5 Å². The summed E-state index contributed by atoms with van der Waals surface area (Å²) in [4.78, 5) is 0. The van der Waals surface area contributed by atoms with Crippen LogP contribution >= 0.6 is 12.4 Å². The second-order valence-corrected chi connectivity index (χ2v) is 6.34. The monoisotopic (exact) mass is 427 g/mol. The zero-order valence-electron chi connectivity index (χ0n) is 15.8. The highest BCUT2D eigenvalue weighted by atomic mass is 35.5. The van der Waals surface area contributed by atoms with Gasteiger partial charge >= 0.3 is 6.18 Å².